The van der Waals surface area contributed by atoms with Crippen LogP contribution in [-0.4, -0.2) is 9.97 Å². The number of thiophene rings is 1. The van der Waals surface area contributed by atoms with Crippen molar-refractivity contribution in [3.05, 3.63) is 46.9 Å². The fraction of sp³-hybridized carbons (Fsp3) is 0.133. The van der Waals surface area contributed by atoms with Crippen molar-refractivity contribution in [2.45, 2.75) is 13.3 Å². The van der Waals surface area contributed by atoms with Crippen LogP contribution in [0, 0.1) is 17.1 Å². The second kappa shape index (κ2) is 5.46. The van der Waals surface area contributed by atoms with Crippen LogP contribution in [0.3, 0.4) is 0 Å². The molecule has 0 saturated carbocycles. The van der Waals surface area contributed by atoms with E-state index in [1.165, 1.54) is 23.5 Å². The number of aryl methyl sites for hydroxylation is 1. The van der Waals surface area contributed by atoms with Gasteiger partial charge in [0.25, 0.3) is 0 Å². The summed E-state index contributed by atoms with van der Waals surface area (Å²) in [7, 11) is 0. The number of rotatable bonds is 3. The third-order valence-corrected chi connectivity index (χ3v) is 3.75. The van der Waals surface area contributed by atoms with Crippen molar-refractivity contribution >= 4 is 21.6 Å². The number of nitrogens with zero attached hydrogens (tertiary/aromatic N) is 3. The molecule has 0 N–H and O–H groups in total. The first-order valence-electron chi connectivity index (χ1n) is 6.33. The molecule has 6 heteroatoms. The van der Waals surface area contributed by atoms with Gasteiger partial charge in [0.05, 0.1) is 5.39 Å². The minimum Gasteiger partial charge on any atom is -0.437 e. The first kappa shape index (κ1) is 13.5. The van der Waals surface area contributed by atoms with E-state index in [4.69, 9.17) is 10.00 Å². The molecule has 21 heavy (non-hydrogen) atoms. The van der Waals surface area contributed by atoms with Gasteiger partial charge < -0.3 is 4.74 Å². The van der Waals surface area contributed by atoms with Crippen LogP contribution in [0.5, 0.6) is 11.6 Å². The molecule has 0 bridgehead atoms. The number of halogens is 1. The Balaban J connectivity index is 2.12. The second-order valence-corrected chi connectivity index (χ2v) is 5.16. The highest BCUT2D eigenvalue weighted by molar-refractivity contribution is 7.16. The highest BCUT2D eigenvalue weighted by Crippen LogP contribution is 2.32. The van der Waals surface area contributed by atoms with E-state index in [1.54, 1.807) is 6.07 Å². The SMILES string of the molecule is CCc1nc(Oc2cccc(F)c2C#N)c2ccsc2n1. The van der Waals surface area contributed by atoms with E-state index >= 15 is 0 Å². The number of hydrogen-bond acceptors (Lipinski definition) is 5. The van der Waals surface area contributed by atoms with Gasteiger partial charge >= 0.3 is 0 Å². The van der Waals surface area contributed by atoms with Crippen molar-refractivity contribution in [2.24, 2.45) is 0 Å². The molecule has 0 atom stereocenters. The van der Waals surface area contributed by atoms with Crippen LogP contribution >= 0.6 is 11.3 Å². The number of ether oxygens (including phenoxy) is 1. The zero-order chi connectivity index (χ0) is 14.8. The van der Waals surface area contributed by atoms with Gasteiger partial charge in [0, 0.05) is 6.42 Å². The van der Waals surface area contributed by atoms with Gasteiger partial charge in [-0.25, -0.2) is 9.37 Å². The molecule has 0 aliphatic rings. The lowest BCUT2D eigenvalue weighted by molar-refractivity contribution is 0.459. The standard InChI is InChI=1S/C15H10FN3OS/c1-2-13-18-14(9-6-7-21-15(9)19-13)20-12-5-3-4-11(16)10(12)8-17/h3-7H,2H2,1H3. The Labute approximate surface area is 124 Å². The molecule has 2 heterocycles. The second-order valence-electron chi connectivity index (χ2n) is 4.26. The van der Waals surface area contributed by atoms with E-state index in [-0.39, 0.29) is 11.3 Å². The molecule has 0 fully saturated rings. The summed E-state index contributed by atoms with van der Waals surface area (Å²) >= 11 is 1.48. The van der Waals surface area contributed by atoms with Gasteiger partial charge in [0.1, 0.15) is 33.9 Å². The van der Waals surface area contributed by atoms with Crippen molar-refractivity contribution in [2.75, 3.05) is 0 Å². The molecule has 3 rings (SSSR count). The Morgan fingerprint density at radius 3 is 2.95 bits per heavy atom. The fourth-order valence-corrected chi connectivity index (χ4v) is 2.68. The molecule has 0 unspecified atom stereocenters. The number of hydrogen-bond donors (Lipinski definition) is 0. The van der Waals surface area contributed by atoms with Crippen molar-refractivity contribution in [1.82, 2.24) is 9.97 Å². The predicted octanol–water partition coefficient (Wildman–Crippen LogP) is 4.06. The van der Waals surface area contributed by atoms with Crippen LogP contribution in [0.4, 0.5) is 4.39 Å². The maximum atomic E-state index is 13.6. The average molecular weight is 299 g/mol. The van der Waals surface area contributed by atoms with Gasteiger partial charge in [-0.15, -0.1) is 11.3 Å². The largest absolute Gasteiger partial charge is 0.437 e. The summed E-state index contributed by atoms with van der Waals surface area (Å²) in [6.45, 7) is 1.95. The smallest absolute Gasteiger partial charge is 0.231 e. The van der Waals surface area contributed by atoms with Crippen molar-refractivity contribution in [1.29, 1.82) is 5.26 Å². The Morgan fingerprint density at radius 2 is 2.19 bits per heavy atom. The summed E-state index contributed by atoms with van der Waals surface area (Å²) in [5.74, 6) is 0.544. The minimum atomic E-state index is -0.610. The third-order valence-electron chi connectivity index (χ3n) is 2.95. The van der Waals surface area contributed by atoms with Crippen LogP contribution in [-0.2, 0) is 6.42 Å². The Bertz CT molecular complexity index is 854. The lowest BCUT2D eigenvalue weighted by atomic mass is 10.2. The van der Waals surface area contributed by atoms with Gasteiger partial charge in [-0.3, -0.25) is 0 Å². The Kier molecular flexibility index (Phi) is 3.50. The lowest BCUT2D eigenvalue weighted by Gasteiger charge is -2.09. The van der Waals surface area contributed by atoms with E-state index in [2.05, 4.69) is 9.97 Å². The highest BCUT2D eigenvalue weighted by atomic mass is 32.1. The molecule has 0 spiro atoms. The first-order chi connectivity index (χ1) is 10.2. The summed E-state index contributed by atoms with van der Waals surface area (Å²) < 4.78 is 19.3. The maximum Gasteiger partial charge on any atom is 0.231 e. The van der Waals surface area contributed by atoms with Crippen molar-refractivity contribution in [3.8, 4) is 17.7 Å². The predicted molar refractivity (Wildman–Crippen MR) is 78.0 cm³/mol. The number of nitriles is 1. The number of fused-ring (bicyclic) bond motifs is 1. The molecule has 1 aromatic carbocycles. The molecule has 3 aromatic rings. The molecule has 4 nitrogen and oxygen atoms in total. The van der Waals surface area contributed by atoms with Crippen LogP contribution in [0.15, 0.2) is 29.6 Å². The maximum absolute atomic E-state index is 13.6. The summed E-state index contributed by atoms with van der Waals surface area (Å²) in [5.41, 5.74) is -0.127. The van der Waals surface area contributed by atoms with E-state index < -0.39 is 5.82 Å². The van der Waals surface area contributed by atoms with Crippen LogP contribution in [0.1, 0.15) is 18.3 Å². The van der Waals surface area contributed by atoms with Gasteiger partial charge in [0.2, 0.25) is 5.88 Å². The molecule has 0 aliphatic carbocycles. The van der Waals surface area contributed by atoms with E-state index in [1.807, 2.05) is 24.4 Å². The zero-order valence-corrected chi connectivity index (χ0v) is 11.9. The quantitative estimate of drug-likeness (QED) is 0.732. The van der Waals surface area contributed by atoms with Gasteiger partial charge in [-0.05, 0) is 23.6 Å². The lowest BCUT2D eigenvalue weighted by Crippen LogP contribution is -1.98. The first-order valence-corrected chi connectivity index (χ1v) is 7.21. The van der Waals surface area contributed by atoms with Crippen LogP contribution in [0.25, 0.3) is 10.2 Å². The topological polar surface area (TPSA) is 58.8 Å². The number of benzene rings is 1. The molecule has 0 amide bonds. The van der Waals surface area contributed by atoms with Crippen molar-refractivity contribution in [3.63, 3.8) is 0 Å². The minimum absolute atomic E-state index is 0.127. The Hall–Kier alpha value is -2.52. The van der Waals surface area contributed by atoms with Gasteiger partial charge in [-0.2, -0.15) is 10.2 Å². The van der Waals surface area contributed by atoms with E-state index in [0.29, 0.717) is 18.1 Å². The average Bonchev–Trinajstić information content (AvgIpc) is 2.96. The molecular weight excluding hydrogens is 289 g/mol. The zero-order valence-electron chi connectivity index (χ0n) is 11.1. The summed E-state index contributed by atoms with van der Waals surface area (Å²) in [5, 5.41) is 11.7. The Morgan fingerprint density at radius 1 is 1.33 bits per heavy atom. The fourth-order valence-electron chi connectivity index (χ4n) is 1.91. The molecular formula is C15H10FN3OS. The molecule has 0 aliphatic heterocycles. The van der Waals surface area contributed by atoms with Crippen LogP contribution in [0.2, 0.25) is 0 Å². The summed E-state index contributed by atoms with van der Waals surface area (Å²) in [6, 6.07) is 7.93. The molecule has 0 saturated heterocycles. The molecule has 104 valence electrons. The van der Waals surface area contributed by atoms with E-state index in [0.717, 1.165) is 10.2 Å². The molecule has 2 aromatic heterocycles. The monoisotopic (exact) mass is 299 g/mol. The van der Waals surface area contributed by atoms with Crippen molar-refractivity contribution < 1.29 is 9.13 Å². The van der Waals surface area contributed by atoms with Crippen LogP contribution < -0.4 is 4.74 Å². The summed E-state index contributed by atoms with van der Waals surface area (Å²) in [4.78, 5) is 9.55. The summed E-state index contributed by atoms with van der Waals surface area (Å²) in [6.07, 6.45) is 0.665. The van der Waals surface area contributed by atoms with Gasteiger partial charge in [0.15, 0.2) is 0 Å². The molecule has 0 radical (unpaired) electrons. The normalized spacial score (nSPS) is 10.5. The third kappa shape index (κ3) is 2.43. The number of aromatic nitrogens is 2. The highest BCUT2D eigenvalue weighted by Gasteiger charge is 2.14. The van der Waals surface area contributed by atoms with E-state index in [9.17, 15) is 4.39 Å². The van der Waals surface area contributed by atoms with Gasteiger partial charge in [-0.1, -0.05) is 13.0 Å².